The zero-order chi connectivity index (χ0) is 11.1. The Bertz CT molecular complexity index is 482. The molecule has 0 bridgehead atoms. The fourth-order valence-corrected chi connectivity index (χ4v) is 2.09. The normalized spacial score (nSPS) is 16.4. The summed E-state index contributed by atoms with van der Waals surface area (Å²) in [5, 5.41) is 5.38. The maximum Gasteiger partial charge on any atom is 0.241 e. The van der Waals surface area contributed by atoms with Crippen LogP contribution in [0.15, 0.2) is 23.1 Å². The maximum atomic E-state index is 11.2. The highest BCUT2D eigenvalue weighted by atomic mass is 35.5. The second-order valence-corrected chi connectivity index (χ2v) is 5.42. The molecule has 1 fully saturated rings. The van der Waals surface area contributed by atoms with Gasteiger partial charge in [0.05, 0.1) is 6.10 Å². The number of halogens is 1. The highest BCUT2D eigenvalue weighted by Crippen LogP contribution is 2.32. The molecule has 0 radical (unpaired) electrons. The van der Waals surface area contributed by atoms with Crippen LogP contribution in [0.5, 0.6) is 5.75 Å². The number of benzene rings is 1. The van der Waals surface area contributed by atoms with Gasteiger partial charge in [0.25, 0.3) is 0 Å². The first-order chi connectivity index (χ1) is 6.97. The minimum absolute atomic E-state index is 0.0538. The van der Waals surface area contributed by atoms with E-state index in [0.29, 0.717) is 5.02 Å². The van der Waals surface area contributed by atoms with Crippen LogP contribution in [0.3, 0.4) is 0 Å². The number of nitrogens with two attached hydrogens (primary N) is 1. The van der Waals surface area contributed by atoms with Crippen molar-refractivity contribution >= 4 is 21.6 Å². The van der Waals surface area contributed by atoms with Gasteiger partial charge in [-0.1, -0.05) is 11.6 Å². The zero-order valence-electron chi connectivity index (χ0n) is 7.81. The van der Waals surface area contributed by atoms with Crippen LogP contribution in [-0.2, 0) is 10.0 Å². The van der Waals surface area contributed by atoms with E-state index in [-0.39, 0.29) is 16.7 Å². The lowest BCUT2D eigenvalue weighted by Crippen LogP contribution is -2.14. The number of sulfonamides is 1. The van der Waals surface area contributed by atoms with Crippen LogP contribution in [0.2, 0.25) is 5.02 Å². The molecule has 0 saturated heterocycles. The van der Waals surface area contributed by atoms with E-state index in [2.05, 4.69) is 0 Å². The third kappa shape index (κ3) is 2.62. The van der Waals surface area contributed by atoms with Crippen LogP contribution in [0.4, 0.5) is 0 Å². The van der Waals surface area contributed by atoms with Gasteiger partial charge in [0.1, 0.15) is 10.6 Å². The average Bonchev–Trinajstić information content (AvgIpc) is 2.90. The minimum atomic E-state index is -3.78. The monoisotopic (exact) mass is 247 g/mol. The minimum Gasteiger partial charge on any atom is -0.489 e. The van der Waals surface area contributed by atoms with E-state index in [9.17, 15) is 8.42 Å². The first-order valence-corrected chi connectivity index (χ1v) is 6.38. The van der Waals surface area contributed by atoms with Crippen molar-refractivity contribution in [2.45, 2.75) is 23.8 Å². The fraction of sp³-hybridized carbons (Fsp3) is 0.333. The van der Waals surface area contributed by atoms with Crippen molar-refractivity contribution in [3.05, 3.63) is 23.2 Å². The standard InChI is InChI=1S/C9H10ClNO3S/c10-6-1-4-8(14-7-2-3-7)9(5-6)15(11,12)13/h1,4-5,7H,2-3H2,(H2,11,12,13). The summed E-state index contributed by atoms with van der Waals surface area (Å²) >= 11 is 5.70. The summed E-state index contributed by atoms with van der Waals surface area (Å²) in [6.07, 6.45) is 2.02. The molecule has 82 valence electrons. The second-order valence-electron chi connectivity index (χ2n) is 3.45. The Morgan fingerprint density at radius 1 is 1.40 bits per heavy atom. The molecule has 4 nitrogen and oxygen atoms in total. The SMILES string of the molecule is NS(=O)(=O)c1cc(Cl)ccc1OC1CC1. The summed E-state index contributed by atoms with van der Waals surface area (Å²) in [4.78, 5) is -0.0538. The van der Waals surface area contributed by atoms with E-state index >= 15 is 0 Å². The average molecular weight is 248 g/mol. The molecule has 0 spiro atoms. The highest BCUT2D eigenvalue weighted by molar-refractivity contribution is 7.89. The molecule has 0 atom stereocenters. The molecule has 1 aromatic rings. The lowest BCUT2D eigenvalue weighted by atomic mass is 10.3. The Balaban J connectivity index is 2.43. The largest absolute Gasteiger partial charge is 0.489 e. The summed E-state index contributed by atoms with van der Waals surface area (Å²) in [7, 11) is -3.78. The molecule has 6 heteroatoms. The predicted octanol–water partition coefficient (Wildman–Crippen LogP) is 1.53. The summed E-state index contributed by atoms with van der Waals surface area (Å²) in [6.45, 7) is 0. The zero-order valence-corrected chi connectivity index (χ0v) is 9.38. The van der Waals surface area contributed by atoms with Crippen molar-refractivity contribution in [1.82, 2.24) is 0 Å². The molecule has 0 heterocycles. The Kier molecular flexibility index (Phi) is 2.62. The van der Waals surface area contributed by atoms with Gasteiger partial charge in [-0.15, -0.1) is 0 Å². The van der Waals surface area contributed by atoms with Crippen molar-refractivity contribution in [3.8, 4) is 5.75 Å². The summed E-state index contributed by atoms with van der Waals surface area (Å²) in [5.74, 6) is 0.282. The van der Waals surface area contributed by atoms with Crippen molar-refractivity contribution in [2.24, 2.45) is 5.14 Å². The molecule has 15 heavy (non-hydrogen) atoms. The van der Waals surface area contributed by atoms with Gasteiger partial charge in [0.15, 0.2) is 0 Å². The van der Waals surface area contributed by atoms with Crippen LogP contribution in [0, 0.1) is 0 Å². The first-order valence-electron chi connectivity index (χ1n) is 4.46. The Hall–Kier alpha value is -0.780. The molecule has 1 saturated carbocycles. The number of hydrogen-bond acceptors (Lipinski definition) is 3. The van der Waals surface area contributed by atoms with Crippen LogP contribution in [-0.4, -0.2) is 14.5 Å². The van der Waals surface area contributed by atoms with Crippen LogP contribution < -0.4 is 9.88 Å². The van der Waals surface area contributed by atoms with Gasteiger partial charge in [-0.05, 0) is 31.0 Å². The number of rotatable bonds is 3. The molecular weight excluding hydrogens is 238 g/mol. The molecule has 2 rings (SSSR count). The van der Waals surface area contributed by atoms with Crippen molar-refractivity contribution in [3.63, 3.8) is 0 Å². The van der Waals surface area contributed by atoms with Crippen molar-refractivity contribution in [2.75, 3.05) is 0 Å². The molecule has 1 aromatic carbocycles. The quantitative estimate of drug-likeness (QED) is 0.881. The molecule has 1 aliphatic carbocycles. The summed E-state index contributed by atoms with van der Waals surface area (Å²) < 4.78 is 27.9. The molecular formula is C9H10ClNO3S. The van der Waals surface area contributed by atoms with E-state index < -0.39 is 10.0 Å². The molecule has 0 amide bonds. The van der Waals surface area contributed by atoms with Gasteiger partial charge in [-0.25, -0.2) is 13.6 Å². The lowest BCUT2D eigenvalue weighted by molar-refractivity contribution is 0.295. The number of primary sulfonamides is 1. The van der Waals surface area contributed by atoms with Gasteiger partial charge in [0, 0.05) is 5.02 Å². The van der Waals surface area contributed by atoms with Gasteiger partial charge in [-0.2, -0.15) is 0 Å². The predicted molar refractivity (Wildman–Crippen MR) is 56.5 cm³/mol. The van der Waals surface area contributed by atoms with Crippen LogP contribution in [0.25, 0.3) is 0 Å². The first kappa shape index (κ1) is 10.7. The summed E-state index contributed by atoms with van der Waals surface area (Å²) in [5.41, 5.74) is 0. The van der Waals surface area contributed by atoms with Crippen LogP contribution >= 0.6 is 11.6 Å². The molecule has 0 aromatic heterocycles. The van der Waals surface area contributed by atoms with Crippen LogP contribution in [0.1, 0.15) is 12.8 Å². The number of hydrogen-bond donors (Lipinski definition) is 1. The van der Waals surface area contributed by atoms with Crippen molar-refractivity contribution in [1.29, 1.82) is 0 Å². The smallest absolute Gasteiger partial charge is 0.241 e. The third-order valence-corrected chi connectivity index (χ3v) is 3.20. The molecule has 0 aliphatic heterocycles. The van der Waals surface area contributed by atoms with E-state index in [4.69, 9.17) is 21.5 Å². The highest BCUT2D eigenvalue weighted by Gasteiger charge is 2.26. The van der Waals surface area contributed by atoms with Gasteiger partial charge in [0.2, 0.25) is 10.0 Å². The third-order valence-electron chi connectivity index (χ3n) is 2.03. The number of ether oxygens (including phenoxy) is 1. The van der Waals surface area contributed by atoms with Crippen molar-refractivity contribution < 1.29 is 13.2 Å². The maximum absolute atomic E-state index is 11.2. The van der Waals surface area contributed by atoms with Gasteiger partial charge in [-0.3, -0.25) is 0 Å². The van der Waals surface area contributed by atoms with E-state index in [1.54, 1.807) is 6.07 Å². The summed E-state index contributed by atoms with van der Waals surface area (Å²) in [6, 6.07) is 4.41. The van der Waals surface area contributed by atoms with Gasteiger partial charge >= 0.3 is 0 Å². The second kappa shape index (κ2) is 3.66. The Labute approximate surface area is 93.0 Å². The Morgan fingerprint density at radius 2 is 2.07 bits per heavy atom. The Morgan fingerprint density at radius 3 is 2.60 bits per heavy atom. The topological polar surface area (TPSA) is 69.4 Å². The molecule has 2 N–H and O–H groups in total. The fourth-order valence-electron chi connectivity index (χ4n) is 1.17. The lowest BCUT2D eigenvalue weighted by Gasteiger charge is -2.09. The molecule has 1 aliphatic rings. The van der Waals surface area contributed by atoms with E-state index in [1.807, 2.05) is 0 Å². The van der Waals surface area contributed by atoms with E-state index in [0.717, 1.165) is 12.8 Å². The molecule has 0 unspecified atom stereocenters. The van der Waals surface area contributed by atoms with E-state index in [1.165, 1.54) is 12.1 Å². The van der Waals surface area contributed by atoms with Gasteiger partial charge < -0.3 is 4.74 Å².